The van der Waals surface area contributed by atoms with Crippen LogP contribution in [0.4, 0.5) is 0 Å². The fourth-order valence-electron chi connectivity index (χ4n) is 1.20. The second-order valence-electron chi connectivity index (χ2n) is 3.08. The maximum absolute atomic E-state index is 10.8. The van der Waals surface area contributed by atoms with Gasteiger partial charge in [-0.05, 0) is 12.1 Å². The average Bonchev–Trinajstić information content (AvgIpc) is 2.62. The van der Waals surface area contributed by atoms with Gasteiger partial charge in [0, 0.05) is 13.2 Å². The molecule has 2 aromatic heterocycles. The first-order chi connectivity index (χ1) is 7.68. The molecule has 2 heterocycles. The molecule has 6 heteroatoms. The van der Waals surface area contributed by atoms with Gasteiger partial charge in [-0.15, -0.1) is 0 Å². The van der Waals surface area contributed by atoms with Crippen molar-refractivity contribution in [2.75, 3.05) is 0 Å². The molecule has 0 atom stereocenters. The van der Waals surface area contributed by atoms with Gasteiger partial charge in [-0.25, -0.2) is 9.78 Å². The number of nitrogens with zero attached hydrogens (tertiary/aromatic N) is 3. The summed E-state index contributed by atoms with van der Waals surface area (Å²) in [4.78, 5) is 18.5. The topological polar surface area (TPSA) is 77.2 Å². The summed E-state index contributed by atoms with van der Waals surface area (Å²) < 4.78 is 6.72. The van der Waals surface area contributed by atoms with Crippen LogP contribution in [0.1, 0.15) is 10.5 Å². The highest BCUT2D eigenvalue weighted by atomic mass is 16.5. The summed E-state index contributed by atoms with van der Waals surface area (Å²) in [5.74, 6) is -0.538. The molecular formula is C10H9N3O3. The lowest BCUT2D eigenvalue weighted by Crippen LogP contribution is -2.05. The zero-order valence-electron chi connectivity index (χ0n) is 8.49. The molecule has 0 bridgehead atoms. The van der Waals surface area contributed by atoms with Gasteiger partial charge in [0.15, 0.2) is 0 Å². The summed E-state index contributed by atoms with van der Waals surface area (Å²) >= 11 is 0. The molecule has 0 aliphatic carbocycles. The third-order valence-corrected chi connectivity index (χ3v) is 2.01. The summed E-state index contributed by atoms with van der Waals surface area (Å²) in [7, 11) is 1.57. The smallest absolute Gasteiger partial charge is 0.354 e. The van der Waals surface area contributed by atoms with E-state index < -0.39 is 5.97 Å². The molecule has 0 unspecified atom stereocenters. The summed E-state index contributed by atoms with van der Waals surface area (Å²) in [5, 5.41) is 8.82. The van der Waals surface area contributed by atoms with E-state index in [-0.39, 0.29) is 11.7 Å². The third kappa shape index (κ3) is 1.85. The quantitative estimate of drug-likeness (QED) is 0.841. The van der Waals surface area contributed by atoms with Gasteiger partial charge < -0.3 is 9.84 Å². The Bertz CT molecular complexity index is 507. The second-order valence-corrected chi connectivity index (χ2v) is 3.08. The molecule has 0 aliphatic heterocycles. The molecular weight excluding hydrogens is 210 g/mol. The SMILES string of the molecule is Cn1c(C(=O)O)cnc1Oc1cccnc1. The van der Waals surface area contributed by atoms with Gasteiger partial charge in [0.2, 0.25) is 0 Å². The van der Waals surface area contributed by atoms with Crippen LogP contribution in [0.3, 0.4) is 0 Å². The highest BCUT2D eigenvalue weighted by molar-refractivity contribution is 5.85. The summed E-state index contributed by atoms with van der Waals surface area (Å²) in [5.41, 5.74) is 0.0684. The van der Waals surface area contributed by atoms with Crippen LogP contribution in [0.5, 0.6) is 11.8 Å². The Morgan fingerprint density at radius 3 is 2.88 bits per heavy atom. The van der Waals surface area contributed by atoms with Crippen LogP contribution < -0.4 is 4.74 Å². The average molecular weight is 219 g/mol. The Kier molecular flexibility index (Phi) is 2.55. The Labute approximate surface area is 91.1 Å². The number of hydrogen-bond donors (Lipinski definition) is 1. The molecule has 0 amide bonds. The molecule has 16 heavy (non-hydrogen) atoms. The summed E-state index contributed by atoms with van der Waals surface area (Å²) in [6, 6.07) is 3.64. The predicted molar refractivity (Wildman–Crippen MR) is 54.5 cm³/mol. The lowest BCUT2D eigenvalue weighted by atomic mass is 10.5. The molecule has 0 radical (unpaired) electrons. The monoisotopic (exact) mass is 219 g/mol. The summed E-state index contributed by atoms with van der Waals surface area (Å²) in [6.45, 7) is 0. The molecule has 0 aromatic carbocycles. The van der Waals surface area contributed by atoms with Gasteiger partial charge in [0.05, 0.1) is 12.4 Å². The Morgan fingerprint density at radius 2 is 2.31 bits per heavy atom. The zero-order valence-corrected chi connectivity index (χ0v) is 8.49. The number of carboxylic acids is 1. The van der Waals surface area contributed by atoms with E-state index in [1.807, 2.05) is 0 Å². The Balaban J connectivity index is 2.26. The maximum Gasteiger partial charge on any atom is 0.354 e. The van der Waals surface area contributed by atoms with Crippen LogP contribution in [0.15, 0.2) is 30.7 Å². The largest absolute Gasteiger partial charge is 0.477 e. The molecule has 0 spiro atoms. The van der Waals surface area contributed by atoms with Crippen molar-refractivity contribution in [2.24, 2.45) is 7.05 Å². The predicted octanol–water partition coefficient (Wildman–Crippen LogP) is 1.31. The van der Waals surface area contributed by atoms with Crippen molar-refractivity contribution in [1.29, 1.82) is 0 Å². The van der Waals surface area contributed by atoms with Crippen molar-refractivity contribution in [3.63, 3.8) is 0 Å². The normalized spacial score (nSPS) is 10.1. The minimum atomic E-state index is -1.05. The first-order valence-corrected chi connectivity index (χ1v) is 4.51. The molecule has 0 fully saturated rings. The van der Waals surface area contributed by atoms with Crippen molar-refractivity contribution < 1.29 is 14.6 Å². The van der Waals surface area contributed by atoms with Crippen LogP contribution in [0.2, 0.25) is 0 Å². The number of imidazole rings is 1. The minimum absolute atomic E-state index is 0.0684. The first-order valence-electron chi connectivity index (χ1n) is 4.51. The summed E-state index contributed by atoms with van der Waals surface area (Å²) in [6.07, 6.45) is 4.39. The molecule has 2 aromatic rings. The van der Waals surface area contributed by atoms with E-state index in [2.05, 4.69) is 9.97 Å². The van der Waals surface area contributed by atoms with Crippen molar-refractivity contribution >= 4 is 5.97 Å². The molecule has 6 nitrogen and oxygen atoms in total. The van der Waals surface area contributed by atoms with Gasteiger partial charge in [0.25, 0.3) is 0 Å². The van der Waals surface area contributed by atoms with E-state index in [4.69, 9.17) is 9.84 Å². The molecule has 1 N–H and O–H groups in total. The molecule has 2 rings (SSSR count). The fourth-order valence-corrected chi connectivity index (χ4v) is 1.20. The number of hydrogen-bond acceptors (Lipinski definition) is 4. The number of carbonyl (C=O) groups is 1. The number of rotatable bonds is 3. The number of pyridine rings is 1. The lowest BCUT2D eigenvalue weighted by molar-refractivity contribution is 0.0685. The van der Waals surface area contributed by atoms with E-state index >= 15 is 0 Å². The molecule has 82 valence electrons. The first kappa shape index (κ1) is 10.2. The van der Waals surface area contributed by atoms with Crippen LogP contribution >= 0.6 is 0 Å². The Morgan fingerprint density at radius 1 is 1.50 bits per heavy atom. The van der Waals surface area contributed by atoms with E-state index in [0.29, 0.717) is 5.75 Å². The van der Waals surface area contributed by atoms with Gasteiger partial charge in [-0.3, -0.25) is 9.55 Å². The van der Waals surface area contributed by atoms with Crippen molar-refractivity contribution in [1.82, 2.24) is 14.5 Å². The number of aromatic carboxylic acids is 1. The van der Waals surface area contributed by atoms with Gasteiger partial charge in [0.1, 0.15) is 11.4 Å². The molecule has 0 saturated carbocycles. The highest BCUT2D eigenvalue weighted by Crippen LogP contribution is 2.18. The maximum atomic E-state index is 10.8. The van der Waals surface area contributed by atoms with Crippen LogP contribution in [-0.2, 0) is 7.05 Å². The standard InChI is InChI=1S/C10H9N3O3/c1-13-8(9(14)15)6-12-10(13)16-7-3-2-4-11-5-7/h2-6H,1H3,(H,14,15). The fraction of sp³-hybridized carbons (Fsp3) is 0.100. The molecule has 0 saturated heterocycles. The van der Waals surface area contributed by atoms with Crippen molar-refractivity contribution in [3.05, 3.63) is 36.4 Å². The third-order valence-electron chi connectivity index (χ3n) is 2.01. The minimum Gasteiger partial charge on any atom is -0.477 e. The number of carboxylic acid groups (broad SMARTS) is 1. The van der Waals surface area contributed by atoms with E-state index in [1.54, 1.807) is 25.4 Å². The second kappa shape index (κ2) is 4.01. The van der Waals surface area contributed by atoms with Crippen LogP contribution in [0.25, 0.3) is 0 Å². The van der Waals surface area contributed by atoms with Gasteiger partial charge in [-0.2, -0.15) is 0 Å². The van der Waals surface area contributed by atoms with Gasteiger partial charge >= 0.3 is 12.0 Å². The van der Waals surface area contributed by atoms with Crippen molar-refractivity contribution in [2.45, 2.75) is 0 Å². The Hall–Kier alpha value is -2.37. The number of aromatic nitrogens is 3. The van der Waals surface area contributed by atoms with E-state index in [0.717, 1.165) is 0 Å². The lowest BCUT2D eigenvalue weighted by Gasteiger charge is -2.04. The van der Waals surface area contributed by atoms with E-state index in [9.17, 15) is 4.79 Å². The van der Waals surface area contributed by atoms with Gasteiger partial charge in [-0.1, -0.05) is 0 Å². The van der Waals surface area contributed by atoms with Crippen molar-refractivity contribution in [3.8, 4) is 11.8 Å². The van der Waals surface area contributed by atoms with Crippen LogP contribution in [0, 0.1) is 0 Å². The van der Waals surface area contributed by atoms with Crippen LogP contribution in [-0.4, -0.2) is 25.6 Å². The number of ether oxygens (including phenoxy) is 1. The van der Waals surface area contributed by atoms with E-state index in [1.165, 1.54) is 17.0 Å². The zero-order chi connectivity index (χ0) is 11.5. The highest BCUT2D eigenvalue weighted by Gasteiger charge is 2.13. The molecule has 0 aliphatic rings.